The molecule has 0 aromatic carbocycles. The van der Waals surface area contributed by atoms with Crippen LogP contribution in [-0.2, 0) is 0 Å². The molecule has 0 aliphatic carbocycles. The minimum Gasteiger partial charge on any atom is -0.302 e. The van der Waals surface area contributed by atoms with Gasteiger partial charge < -0.3 is 4.90 Å². The molecule has 0 bridgehead atoms. The summed E-state index contributed by atoms with van der Waals surface area (Å²) >= 11 is 0. The highest BCUT2D eigenvalue weighted by atomic mass is 15.3. The highest BCUT2D eigenvalue weighted by Crippen LogP contribution is 2.30. The molecule has 0 N–H and O–H groups in total. The maximum Gasteiger partial charge on any atom is 0.0261 e. The van der Waals surface area contributed by atoms with Crippen LogP contribution >= 0.6 is 0 Å². The second-order valence-corrected chi connectivity index (χ2v) is 4.64. The van der Waals surface area contributed by atoms with Crippen molar-refractivity contribution in [3.8, 4) is 0 Å². The monoisotopic (exact) mass is 168 g/mol. The van der Waals surface area contributed by atoms with Gasteiger partial charge in [0.25, 0.3) is 0 Å². The van der Waals surface area contributed by atoms with Crippen LogP contribution in [-0.4, -0.2) is 48.6 Å². The molecule has 0 aromatic rings. The molecule has 2 heterocycles. The maximum atomic E-state index is 2.62. The minimum absolute atomic E-state index is 0.740. The van der Waals surface area contributed by atoms with Crippen LogP contribution in [0.2, 0.25) is 0 Å². The number of likely N-dealkylation sites (N-methyl/N-ethyl adjacent to an activating group) is 1. The SMILES string of the molecule is CC(C)N1CC2CCN(C)C2C1. The first-order chi connectivity index (χ1) is 5.68. The van der Waals surface area contributed by atoms with Gasteiger partial charge in [-0.25, -0.2) is 0 Å². The lowest BCUT2D eigenvalue weighted by atomic mass is 10.1. The topological polar surface area (TPSA) is 6.48 Å². The van der Waals surface area contributed by atoms with Crippen molar-refractivity contribution in [2.45, 2.75) is 32.4 Å². The molecular weight excluding hydrogens is 148 g/mol. The van der Waals surface area contributed by atoms with E-state index in [4.69, 9.17) is 0 Å². The van der Waals surface area contributed by atoms with Gasteiger partial charge in [-0.1, -0.05) is 0 Å². The van der Waals surface area contributed by atoms with Crippen LogP contribution in [0.3, 0.4) is 0 Å². The van der Waals surface area contributed by atoms with Crippen molar-refractivity contribution in [1.29, 1.82) is 0 Å². The Hall–Kier alpha value is -0.0800. The van der Waals surface area contributed by atoms with E-state index < -0.39 is 0 Å². The van der Waals surface area contributed by atoms with E-state index in [1.165, 1.54) is 26.1 Å². The summed E-state index contributed by atoms with van der Waals surface area (Å²) in [6.07, 6.45) is 1.42. The number of likely N-dealkylation sites (tertiary alicyclic amines) is 2. The number of fused-ring (bicyclic) bond motifs is 1. The standard InChI is InChI=1S/C10H20N2/c1-8(2)12-6-9-4-5-11(3)10(9)7-12/h8-10H,4-7H2,1-3H3. The zero-order chi connectivity index (χ0) is 8.72. The van der Waals surface area contributed by atoms with Crippen LogP contribution in [0.1, 0.15) is 20.3 Å². The molecule has 2 rings (SSSR count). The van der Waals surface area contributed by atoms with Crippen molar-refractivity contribution in [3.63, 3.8) is 0 Å². The summed E-state index contributed by atoms with van der Waals surface area (Å²) in [6.45, 7) is 8.58. The summed E-state index contributed by atoms with van der Waals surface area (Å²) in [5, 5.41) is 0. The van der Waals surface area contributed by atoms with E-state index in [0.29, 0.717) is 0 Å². The Morgan fingerprint density at radius 3 is 2.58 bits per heavy atom. The highest BCUT2D eigenvalue weighted by Gasteiger charge is 2.39. The van der Waals surface area contributed by atoms with Crippen LogP contribution in [0, 0.1) is 5.92 Å². The van der Waals surface area contributed by atoms with Crippen molar-refractivity contribution in [2.75, 3.05) is 26.7 Å². The average molecular weight is 168 g/mol. The maximum absolute atomic E-state index is 2.62. The van der Waals surface area contributed by atoms with Gasteiger partial charge in [0.2, 0.25) is 0 Å². The third kappa shape index (κ3) is 1.27. The lowest BCUT2D eigenvalue weighted by Crippen LogP contribution is -2.34. The molecule has 0 radical (unpaired) electrons. The smallest absolute Gasteiger partial charge is 0.0261 e. The molecule has 2 aliphatic rings. The molecule has 2 nitrogen and oxygen atoms in total. The Morgan fingerprint density at radius 2 is 2.00 bits per heavy atom. The predicted molar refractivity (Wildman–Crippen MR) is 51.2 cm³/mol. The Kier molecular flexibility index (Phi) is 2.13. The number of nitrogens with zero attached hydrogens (tertiary/aromatic N) is 2. The number of rotatable bonds is 1. The first kappa shape index (κ1) is 8.52. The molecule has 0 saturated carbocycles. The molecule has 0 aromatic heterocycles. The molecular formula is C10H20N2. The fourth-order valence-corrected chi connectivity index (χ4v) is 2.63. The molecule has 2 atom stereocenters. The van der Waals surface area contributed by atoms with Gasteiger partial charge in [0, 0.05) is 25.2 Å². The first-order valence-electron chi connectivity index (χ1n) is 5.13. The lowest BCUT2D eigenvalue weighted by molar-refractivity contribution is 0.227. The predicted octanol–water partition coefficient (Wildman–Crippen LogP) is 1.03. The van der Waals surface area contributed by atoms with E-state index in [1.54, 1.807) is 0 Å². The molecule has 2 unspecified atom stereocenters. The normalized spacial score (nSPS) is 38.0. The Balaban J connectivity index is 1.98. The van der Waals surface area contributed by atoms with Gasteiger partial charge in [-0.05, 0) is 39.8 Å². The second-order valence-electron chi connectivity index (χ2n) is 4.64. The second kappa shape index (κ2) is 3.00. The van der Waals surface area contributed by atoms with Gasteiger partial charge >= 0.3 is 0 Å². The number of hydrogen-bond donors (Lipinski definition) is 0. The summed E-state index contributed by atoms with van der Waals surface area (Å²) in [7, 11) is 2.27. The molecule has 2 fully saturated rings. The lowest BCUT2D eigenvalue weighted by Gasteiger charge is -2.23. The molecule has 2 heteroatoms. The van der Waals surface area contributed by atoms with Crippen molar-refractivity contribution in [3.05, 3.63) is 0 Å². The average Bonchev–Trinajstić information content (AvgIpc) is 2.53. The van der Waals surface area contributed by atoms with Gasteiger partial charge in [-0.3, -0.25) is 4.90 Å². The van der Waals surface area contributed by atoms with Crippen LogP contribution in [0.15, 0.2) is 0 Å². The van der Waals surface area contributed by atoms with Crippen molar-refractivity contribution >= 4 is 0 Å². The van der Waals surface area contributed by atoms with Gasteiger partial charge in [0.05, 0.1) is 0 Å². The van der Waals surface area contributed by atoms with E-state index in [0.717, 1.165) is 18.0 Å². The van der Waals surface area contributed by atoms with E-state index in [-0.39, 0.29) is 0 Å². The fraction of sp³-hybridized carbons (Fsp3) is 1.00. The Bertz CT molecular complexity index is 167. The van der Waals surface area contributed by atoms with E-state index >= 15 is 0 Å². The van der Waals surface area contributed by atoms with Gasteiger partial charge in [-0.2, -0.15) is 0 Å². The van der Waals surface area contributed by atoms with Crippen LogP contribution in [0.4, 0.5) is 0 Å². The zero-order valence-electron chi connectivity index (χ0n) is 8.45. The minimum atomic E-state index is 0.740. The van der Waals surface area contributed by atoms with Gasteiger partial charge in [-0.15, -0.1) is 0 Å². The molecule has 2 saturated heterocycles. The summed E-state index contributed by atoms with van der Waals surface area (Å²) in [6, 6.07) is 1.61. The van der Waals surface area contributed by atoms with Crippen molar-refractivity contribution < 1.29 is 0 Å². The third-order valence-electron chi connectivity index (χ3n) is 3.58. The van der Waals surface area contributed by atoms with Crippen LogP contribution in [0.25, 0.3) is 0 Å². The largest absolute Gasteiger partial charge is 0.302 e. The summed E-state index contributed by atoms with van der Waals surface area (Å²) in [5.74, 6) is 0.970. The third-order valence-corrected chi connectivity index (χ3v) is 3.58. The molecule has 2 aliphatic heterocycles. The van der Waals surface area contributed by atoms with Gasteiger partial charge in [0.15, 0.2) is 0 Å². The first-order valence-corrected chi connectivity index (χ1v) is 5.13. The fourth-order valence-electron chi connectivity index (χ4n) is 2.63. The van der Waals surface area contributed by atoms with Gasteiger partial charge in [0.1, 0.15) is 0 Å². The van der Waals surface area contributed by atoms with E-state index in [1.807, 2.05) is 0 Å². The van der Waals surface area contributed by atoms with Crippen molar-refractivity contribution in [2.24, 2.45) is 5.92 Å². The summed E-state index contributed by atoms with van der Waals surface area (Å²) < 4.78 is 0. The number of hydrogen-bond acceptors (Lipinski definition) is 2. The van der Waals surface area contributed by atoms with E-state index in [2.05, 4.69) is 30.7 Å². The van der Waals surface area contributed by atoms with Crippen LogP contribution < -0.4 is 0 Å². The zero-order valence-corrected chi connectivity index (χ0v) is 8.45. The summed E-state index contributed by atoms with van der Waals surface area (Å²) in [4.78, 5) is 5.15. The molecule has 0 spiro atoms. The molecule has 70 valence electrons. The Labute approximate surface area is 75.5 Å². The summed E-state index contributed by atoms with van der Waals surface area (Å²) in [5.41, 5.74) is 0. The Morgan fingerprint density at radius 1 is 1.25 bits per heavy atom. The van der Waals surface area contributed by atoms with Crippen LogP contribution in [0.5, 0.6) is 0 Å². The molecule has 0 amide bonds. The molecule has 12 heavy (non-hydrogen) atoms. The highest BCUT2D eigenvalue weighted by molar-refractivity contribution is 4.95. The quantitative estimate of drug-likeness (QED) is 0.577. The van der Waals surface area contributed by atoms with Crippen molar-refractivity contribution in [1.82, 2.24) is 9.80 Å². The van der Waals surface area contributed by atoms with E-state index in [9.17, 15) is 0 Å².